The molecular weight excluding hydrogens is 490 g/mol. The van der Waals surface area contributed by atoms with Crippen molar-refractivity contribution >= 4 is 50.8 Å². The molecule has 0 aliphatic carbocycles. The van der Waals surface area contributed by atoms with E-state index in [0.29, 0.717) is 40.3 Å². The third-order valence-corrected chi connectivity index (χ3v) is 6.84. The van der Waals surface area contributed by atoms with E-state index in [1.165, 1.54) is 19.4 Å². The number of halogens is 1. The highest BCUT2D eigenvalue weighted by Gasteiger charge is 2.17. The number of aryl methyl sites for hydroxylation is 1. The summed E-state index contributed by atoms with van der Waals surface area (Å²) in [4.78, 5) is 26.9. The van der Waals surface area contributed by atoms with Crippen LogP contribution in [0.5, 0.6) is 0 Å². The van der Waals surface area contributed by atoms with Gasteiger partial charge in [0.2, 0.25) is 16.0 Å². The topological polar surface area (TPSA) is 120 Å². The minimum Gasteiger partial charge on any atom is -0.364 e. The molecule has 2 aromatic heterocycles. The van der Waals surface area contributed by atoms with E-state index >= 15 is 0 Å². The molecule has 0 radical (unpaired) electrons. The predicted molar refractivity (Wildman–Crippen MR) is 139 cm³/mol. The average molecular weight is 518 g/mol. The number of anilines is 4. The van der Waals surface area contributed by atoms with Gasteiger partial charge in [-0.15, -0.1) is 0 Å². The van der Waals surface area contributed by atoms with Crippen LogP contribution in [0.15, 0.2) is 42.7 Å². The number of hydrogen-bond donors (Lipinski definition) is 2. The van der Waals surface area contributed by atoms with Gasteiger partial charge in [0.15, 0.2) is 5.82 Å². The summed E-state index contributed by atoms with van der Waals surface area (Å²) in [6, 6.07) is 8.86. The van der Waals surface area contributed by atoms with E-state index in [4.69, 9.17) is 11.6 Å². The number of benzene rings is 1. The summed E-state index contributed by atoms with van der Waals surface area (Å²) >= 11 is 6.29. The summed E-state index contributed by atoms with van der Waals surface area (Å²) in [5.74, 6) is 0.942. The highest BCUT2D eigenvalue weighted by atomic mass is 35.5. The lowest BCUT2D eigenvalue weighted by Crippen LogP contribution is -2.27. The maximum atomic E-state index is 12.4. The molecular formula is C23H28ClN7O3S. The van der Waals surface area contributed by atoms with Crippen molar-refractivity contribution in [2.24, 2.45) is 0 Å². The Balaban J connectivity index is 1.78. The Morgan fingerprint density at radius 2 is 1.91 bits per heavy atom. The van der Waals surface area contributed by atoms with E-state index < -0.39 is 10.0 Å². The molecule has 0 aliphatic rings. The number of nitrogens with one attached hydrogen (secondary N) is 2. The van der Waals surface area contributed by atoms with Gasteiger partial charge in [-0.05, 0) is 43.7 Å². The first kappa shape index (κ1) is 26.2. The number of carbonyl (C=O) groups is 1. The predicted octanol–water partition coefficient (Wildman–Crippen LogP) is 3.68. The Bertz CT molecular complexity index is 1330. The zero-order valence-electron chi connectivity index (χ0n) is 20.2. The van der Waals surface area contributed by atoms with E-state index in [-0.39, 0.29) is 12.5 Å². The molecule has 3 aromatic rings. The van der Waals surface area contributed by atoms with Gasteiger partial charge in [0.25, 0.3) is 5.91 Å². The van der Waals surface area contributed by atoms with Crippen molar-refractivity contribution in [1.82, 2.24) is 19.9 Å². The Morgan fingerprint density at radius 3 is 2.57 bits per heavy atom. The molecule has 3 rings (SSSR count). The fourth-order valence-electron chi connectivity index (χ4n) is 3.16. The van der Waals surface area contributed by atoms with Gasteiger partial charge in [-0.25, -0.2) is 18.4 Å². The maximum Gasteiger partial charge on any atom is 0.253 e. The van der Waals surface area contributed by atoms with Crippen molar-refractivity contribution in [2.45, 2.75) is 20.4 Å². The second-order valence-electron chi connectivity index (χ2n) is 7.93. The van der Waals surface area contributed by atoms with Crippen LogP contribution in [0.3, 0.4) is 0 Å². The summed E-state index contributed by atoms with van der Waals surface area (Å²) in [5, 5.41) is 6.58. The van der Waals surface area contributed by atoms with E-state index in [9.17, 15) is 13.2 Å². The van der Waals surface area contributed by atoms with Crippen molar-refractivity contribution in [3.05, 3.63) is 64.4 Å². The molecule has 35 heavy (non-hydrogen) atoms. The minimum absolute atomic E-state index is 0.0485. The molecule has 0 spiro atoms. The summed E-state index contributed by atoms with van der Waals surface area (Å²) in [5.41, 5.74) is 2.86. The van der Waals surface area contributed by atoms with Crippen molar-refractivity contribution in [3.8, 4) is 0 Å². The van der Waals surface area contributed by atoms with E-state index in [0.717, 1.165) is 21.8 Å². The molecule has 0 fully saturated rings. The third kappa shape index (κ3) is 6.37. The van der Waals surface area contributed by atoms with Crippen molar-refractivity contribution < 1.29 is 13.2 Å². The zero-order valence-corrected chi connectivity index (χ0v) is 21.8. The minimum atomic E-state index is -3.47. The lowest BCUT2D eigenvalue weighted by molar-refractivity contribution is 0.0802. The van der Waals surface area contributed by atoms with Gasteiger partial charge in [0.05, 0.1) is 12.5 Å². The first-order valence-electron chi connectivity index (χ1n) is 10.8. The lowest BCUT2D eigenvalue weighted by atomic mass is 10.1. The Labute approximate surface area is 210 Å². The summed E-state index contributed by atoms with van der Waals surface area (Å²) in [6.07, 6.45) is 4.11. The molecule has 12 heteroatoms. The van der Waals surface area contributed by atoms with Crippen LogP contribution in [0, 0.1) is 6.92 Å². The van der Waals surface area contributed by atoms with Gasteiger partial charge in [-0.2, -0.15) is 4.98 Å². The molecule has 0 saturated carbocycles. The van der Waals surface area contributed by atoms with Gasteiger partial charge < -0.3 is 15.5 Å². The molecule has 2 N–H and O–H groups in total. The van der Waals surface area contributed by atoms with Gasteiger partial charge in [-0.1, -0.05) is 17.7 Å². The van der Waals surface area contributed by atoms with Crippen LogP contribution in [0.2, 0.25) is 5.02 Å². The highest BCUT2D eigenvalue weighted by Crippen LogP contribution is 2.26. The quantitative estimate of drug-likeness (QED) is 0.441. The fraction of sp³-hybridized carbons (Fsp3) is 0.304. The Kier molecular flexibility index (Phi) is 8.13. The van der Waals surface area contributed by atoms with Crippen molar-refractivity contribution in [1.29, 1.82) is 0 Å². The molecule has 0 saturated heterocycles. The number of hydrogen-bond acceptors (Lipinski definition) is 8. The Hall–Kier alpha value is -3.44. The van der Waals surface area contributed by atoms with Crippen LogP contribution in [-0.2, 0) is 16.6 Å². The number of amides is 1. The van der Waals surface area contributed by atoms with Crippen LogP contribution >= 0.6 is 11.6 Å². The van der Waals surface area contributed by atoms with Crippen LogP contribution in [0.4, 0.5) is 23.3 Å². The smallest absolute Gasteiger partial charge is 0.253 e. The normalized spacial score (nSPS) is 11.1. The van der Waals surface area contributed by atoms with Gasteiger partial charge in [-0.3, -0.25) is 9.10 Å². The number of aromatic nitrogens is 3. The SMILES string of the molecule is CCN(C)C(=O)c1ccc(Nc2ncc(Cl)c(NCc3cccnc3N(C)S(C)(=O)=O)n2)c(C)c1. The van der Waals surface area contributed by atoms with Crippen molar-refractivity contribution in [2.75, 3.05) is 41.8 Å². The number of nitrogens with zero attached hydrogens (tertiary/aromatic N) is 5. The molecule has 0 bridgehead atoms. The Morgan fingerprint density at radius 1 is 1.17 bits per heavy atom. The monoisotopic (exact) mass is 517 g/mol. The molecule has 0 unspecified atom stereocenters. The number of rotatable bonds is 9. The highest BCUT2D eigenvalue weighted by molar-refractivity contribution is 7.92. The lowest BCUT2D eigenvalue weighted by Gasteiger charge is -2.19. The van der Waals surface area contributed by atoms with E-state index in [1.807, 2.05) is 19.9 Å². The van der Waals surface area contributed by atoms with Crippen LogP contribution < -0.4 is 14.9 Å². The second-order valence-corrected chi connectivity index (χ2v) is 10.4. The molecule has 1 aromatic carbocycles. The first-order chi connectivity index (χ1) is 16.5. The fourth-order valence-corrected chi connectivity index (χ4v) is 3.80. The molecule has 1 amide bonds. The summed E-state index contributed by atoms with van der Waals surface area (Å²) < 4.78 is 25.0. The van der Waals surface area contributed by atoms with Crippen molar-refractivity contribution in [3.63, 3.8) is 0 Å². The zero-order chi connectivity index (χ0) is 25.8. The summed E-state index contributed by atoms with van der Waals surface area (Å²) in [6.45, 7) is 4.67. The number of pyridine rings is 1. The molecule has 186 valence electrons. The number of carbonyl (C=O) groups excluding carboxylic acids is 1. The maximum absolute atomic E-state index is 12.4. The van der Waals surface area contributed by atoms with E-state index in [2.05, 4.69) is 25.6 Å². The van der Waals surface area contributed by atoms with Crippen LogP contribution in [0.25, 0.3) is 0 Å². The van der Waals surface area contributed by atoms with Crippen LogP contribution in [0.1, 0.15) is 28.4 Å². The number of sulfonamides is 1. The molecule has 10 nitrogen and oxygen atoms in total. The largest absolute Gasteiger partial charge is 0.364 e. The standard InChI is InChI=1S/C23H28ClN7O3S/c1-6-30(3)22(32)16-9-10-19(15(2)12-16)28-23-27-14-18(24)20(29-23)26-13-17-8-7-11-25-21(17)31(4)35(5,33)34/h7-12,14H,6,13H2,1-5H3,(H2,26,27,28,29). The van der Waals surface area contributed by atoms with Gasteiger partial charge >= 0.3 is 0 Å². The first-order valence-corrected chi connectivity index (χ1v) is 13.0. The van der Waals surface area contributed by atoms with E-state index in [1.54, 1.807) is 36.2 Å². The third-order valence-electron chi connectivity index (χ3n) is 5.39. The molecule has 0 aliphatic heterocycles. The van der Waals surface area contributed by atoms with Gasteiger partial charge in [0, 0.05) is 50.2 Å². The molecule has 0 atom stereocenters. The summed E-state index contributed by atoms with van der Waals surface area (Å²) in [7, 11) is -0.268. The van der Waals surface area contributed by atoms with Gasteiger partial charge in [0.1, 0.15) is 10.8 Å². The molecule has 2 heterocycles. The average Bonchev–Trinajstić information content (AvgIpc) is 2.83. The van der Waals surface area contributed by atoms with Crippen LogP contribution in [-0.4, -0.2) is 61.1 Å². The second kappa shape index (κ2) is 10.9.